The lowest BCUT2D eigenvalue weighted by atomic mass is 10.2. The molecule has 0 aromatic heterocycles. The van der Waals surface area contributed by atoms with Crippen molar-refractivity contribution in [2.24, 2.45) is 0 Å². The molecule has 4 rings (SSSR count). The molecule has 1 fully saturated rings. The van der Waals surface area contributed by atoms with E-state index in [2.05, 4.69) is 5.43 Å². The first-order valence-corrected chi connectivity index (χ1v) is 12.8. The maximum absolute atomic E-state index is 13.1. The molecule has 0 unspecified atom stereocenters. The summed E-state index contributed by atoms with van der Waals surface area (Å²) in [4.78, 5) is 25.3. The Morgan fingerprint density at radius 3 is 2.42 bits per heavy atom. The summed E-state index contributed by atoms with van der Waals surface area (Å²) in [5, 5.41) is 0.991. The molecule has 0 bridgehead atoms. The van der Waals surface area contributed by atoms with E-state index in [0.717, 1.165) is 41.0 Å². The number of nitrogens with one attached hydrogen (secondary N) is 1. The summed E-state index contributed by atoms with van der Waals surface area (Å²) in [5.74, 6) is -1.60. The lowest BCUT2D eigenvalue weighted by Gasteiger charge is -2.15. The van der Waals surface area contributed by atoms with Crippen LogP contribution in [0.25, 0.3) is 6.08 Å². The number of hydrogen-bond donors (Lipinski definition) is 1. The second-order valence-electron chi connectivity index (χ2n) is 7.23. The van der Waals surface area contributed by atoms with Gasteiger partial charge in [-0.15, -0.1) is 0 Å². The van der Waals surface area contributed by atoms with Gasteiger partial charge < -0.3 is 8.92 Å². The largest absolute Gasteiger partial charge is 0.493 e. The van der Waals surface area contributed by atoms with E-state index in [9.17, 15) is 22.4 Å². The van der Waals surface area contributed by atoms with Crippen LogP contribution in [0.1, 0.15) is 15.9 Å². The second-order valence-corrected chi connectivity index (χ2v) is 10.4. The number of hydrazine groups is 1. The molecule has 0 atom stereocenters. The van der Waals surface area contributed by atoms with Gasteiger partial charge in [-0.2, -0.15) is 13.4 Å². The highest BCUT2D eigenvalue weighted by molar-refractivity contribution is 8.26. The minimum Gasteiger partial charge on any atom is -0.493 e. The quantitative estimate of drug-likeness (QED) is 0.269. The summed E-state index contributed by atoms with van der Waals surface area (Å²) in [6.45, 7) is 0. The van der Waals surface area contributed by atoms with Gasteiger partial charge in [0, 0.05) is 5.56 Å². The zero-order valence-corrected chi connectivity index (χ0v) is 21.0. The molecule has 0 saturated carbocycles. The number of carbonyl (C=O) groups excluding carboxylic acids is 2. The van der Waals surface area contributed by atoms with Crippen molar-refractivity contribution in [2.75, 3.05) is 7.11 Å². The summed E-state index contributed by atoms with van der Waals surface area (Å²) in [6, 6.07) is 16.9. The van der Waals surface area contributed by atoms with E-state index in [1.165, 1.54) is 31.4 Å². The van der Waals surface area contributed by atoms with E-state index < -0.39 is 27.7 Å². The standard InChI is InChI=1S/C24H17FN2O6S3/c1-32-20-13-15(7-12-19(20)33-36(30,31)18-10-8-17(25)9-11-18)14-21-23(29)27(24(34)35-21)26-22(28)16-5-3-2-4-6-16/h2-14H,1H3,(H,26,28)/b21-14+. The van der Waals surface area contributed by atoms with Crippen molar-refractivity contribution in [3.8, 4) is 11.5 Å². The Bertz CT molecular complexity index is 1480. The van der Waals surface area contributed by atoms with Crippen LogP contribution in [-0.2, 0) is 14.9 Å². The number of rotatable bonds is 7. The fraction of sp³-hybridized carbons (Fsp3) is 0.0417. The van der Waals surface area contributed by atoms with E-state index in [1.54, 1.807) is 30.3 Å². The van der Waals surface area contributed by atoms with Crippen LogP contribution >= 0.6 is 24.0 Å². The lowest BCUT2D eigenvalue weighted by Crippen LogP contribution is -2.44. The van der Waals surface area contributed by atoms with Crippen LogP contribution in [0.4, 0.5) is 4.39 Å². The summed E-state index contributed by atoms with van der Waals surface area (Å²) in [6.07, 6.45) is 1.52. The molecule has 1 aliphatic heterocycles. The number of halogens is 1. The maximum atomic E-state index is 13.1. The summed E-state index contributed by atoms with van der Waals surface area (Å²) < 4.78 is 48.8. The van der Waals surface area contributed by atoms with E-state index >= 15 is 0 Å². The molecule has 0 spiro atoms. The average Bonchev–Trinajstić information content (AvgIpc) is 3.12. The van der Waals surface area contributed by atoms with E-state index in [-0.39, 0.29) is 25.6 Å². The van der Waals surface area contributed by atoms with Crippen molar-refractivity contribution in [3.05, 3.63) is 94.6 Å². The van der Waals surface area contributed by atoms with Gasteiger partial charge in [0.1, 0.15) is 10.7 Å². The molecule has 0 radical (unpaired) electrons. The first-order chi connectivity index (χ1) is 17.2. The molecule has 12 heteroatoms. The van der Waals surface area contributed by atoms with Gasteiger partial charge in [-0.05, 0) is 72.4 Å². The second kappa shape index (κ2) is 10.5. The van der Waals surface area contributed by atoms with Crippen LogP contribution < -0.4 is 14.3 Å². The number of carbonyl (C=O) groups is 2. The number of thioether (sulfide) groups is 1. The number of methoxy groups -OCH3 is 1. The SMILES string of the molecule is COc1cc(/C=C2/SC(=S)N(NC(=O)c3ccccc3)C2=O)ccc1OS(=O)(=O)c1ccc(F)cc1. The molecule has 1 heterocycles. The van der Waals surface area contributed by atoms with Crippen LogP contribution in [0.5, 0.6) is 11.5 Å². The first-order valence-electron chi connectivity index (χ1n) is 10.2. The Balaban J connectivity index is 1.53. The van der Waals surface area contributed by atoms with Crippen molar-refractivity contribution < 1.29 is 31.3 Å². The highest BCUT2D eigenvalue weighted by Gasteiger charge is 2.34. The van der Waals surface area contributed by atoms with Gasteiger partial charge in [0.15, 0.2) is 15.8 Å². The smallest absolute Gasteiger partial charge is 0.339 e. The molecule has 184 valence electrons. The van der Waals surface area contributed by atoms with Crippen LogP contribution in [-0.4, -0.2) is 36.7 Å². The highest BCUT2D eigenvalue weighted by atomic mass is 32.2. The third kappa shape index (κ3) is 5.56. The molecule has 36 heavy (non-hydrogen) atoms. The van der Waals surface area contributed by atoms with Crippen molar-refractivity contribution in [1.29, 1.82) is 0 Å². The number of ether oxygens (including phenoxy) is 1. The monoisotopic (exact) mass is 544 g/mol. The number of hydrogen-bond acceptors (Lipinski definition) is 8. The van der Waals surface area contributed by atoms with Crippen LogP contribution in [0, 0.1) is 5.82 Å². The van der Waals surface area contributed by atoms with Crippen molar-refractivity contribution >= 4 is 56.3 Å². The fourth-order valence-electron chi connectivity index (χ4n) is 3.08. The molecule has 2 amide bonds. The van der Waals surface area contributed by atoms with Gasteiger partial charge in [-0.3, -0.25) is 15.0 Å². The number of thiocarbonyl (C=S) groups is 1. The van der Waals surface area contributed by atoms with Crippen molar-refractivity contribution in [3.63, 3.8) is 0 Å². The summed E-state index contributed by atoms with van der Waals surface area (Å²) in [5.41, 5.74) is 3.35. The Hall–Kier alpha value is -3.74. The number of benzene rings is 3. The Kier molecular flexibility index (Phi) is 7.38. The third-order valence-electron chi connectivity index (χ3n) is 4.83. The van der Waals surface area contributed by atoms with Crippen molar-refractivity contribution in [2.45, 2.75) is 4.90 Å². The fourth-order valence-corrected chi connectivity index (χ4v) is 5.20. The van der Waals surface area contributed by atoms with Crippen molar-refractivity contribution in [1.82, 2.24) is 10.4 Å². The molecule has 3 aromatic carbocycles. The molecule has 0 aliphatic carbocycles. The topological polar surface area (TPSA) is 102 Å². The Morgan fingerprint density at radius 1 is 1.06 bits per heavy atom. The predicted molar refractivity (Wildman–Crippen MR) is 136 cm³/mol. The molecule has 8 nitrogen and oxygen atoms in total. The molecule has 3 aromatic rings. The Morgan fingerprint density at radius 2 is 1.75 bits per heavy atom. The van der Waals surface area contributed by atoms with Gasteiger partial charge >= 0.3 is 10.1 Å². The minimum atomic E-state index is -4.24. The van der Waals surface area contributed by atoms with Crippen LogP contribution in [0.2, 0.25) is 0 Å². The first kappa shape index (κ1) is 25.4. The van der Waals surface area contributed by atoms with Gasteiger partial charge in [0.05, 0.1) is 12.0 Å². The Labute approximate surface area is 215 Å². The molecule has 1 saturated heterocycles. The third-order valence-corrected chi connectivity index (χ3v) is 7.38. The average molecular weight is 545 g/mol. The zero-order chi connectivity index (χ0) is 25.9. The van der Waals surface area contributed by atoms with E-state index in [0.29, 0.717) is 11.1 Å². The molecular weight excluding hydrogens is 527 g/mol. The number of amides is 2. The lowest BCUT2D eigenvalue weighted by molar-refractivity contribution is -0.123. The summed E-state index contributed by atoms with van der Waals surface area (Å²) in [7, 11) is -2.91. The predicted octanol–water partition coefficient (Wildman–Crippen LogP) is 4.15. The molecular formula is C24H17FN2O6S3. The minimum absolute atomic E-state index is 0.0855. The van der Waals surface area contributed by atoms with Gasteiger partial charge in [-0.1, -0.05) is 36.0 Å². The molecule has 1 aliphatic rings. The number of nitrogens with zero attached hydrogens (tertiary/aromatic N) is 1. The summed E-state index contributed by atoms with van der Waals surface area (Å²) >= 11 is 6.24. The normalized spacial score (nSPS) is 14.7. The maximum Gasteiger partial charge on any atom is 0.339 e. The van der Waals surface area contributed by atoms with E-state index in [4.69, 9.17) is 21.1 Å². The van der Waals surface area contributed by atoms with Gasteiger partial charge in [0.2, 0.25) is 0 Å². The van der Waals surface area contributed by atoms with Gasteiger partial charge in [-0.25, -0.2) is 4.39 Å². The zero-order valence-electron chi connectivity index (χ0n) is 18.5. The highest BCUT2D eigenvalue weighted by Crippen LogP contribution is 2.35. The van der Waals surface area contributed by atoms with E-state index in [1.807, 2.05) is 0 Å². The van der Waals surface area contributed by atoms with Crippen LogP contribution in [0.3, 0.4) is 0 Å². The van der Waals surface area contributed by atoms with Gasteiger partial charge in [0.25, 0.3) is 11.8 Å². The molecule has 1 N–H and O–H groups in total. The van der Waals surface area contributed by atoms with Crippen LogP contribution in [0.15, 0.2) is 82.6 Å².